The monoisotopic (exact) mass is 460 g/mol. The number of nitrogens with zero attached hydrogens (tertiary/aromatic N) is 1. The van der Waals surface area contributed by atoms with E-state index >= 15 is 0 Å². The lowest BCUT2D eigenvalue weighted by molar-refractivity contribution is -0.121. The maximum Gasteiger partial charge on any atom is 0.257 e. The number of anilines is 1. The van der Waals surface area contributed by atoms with Gasteiger partial charge in [-0.15, -0.1) is 0 Å². The molecule has 0 bridgehead atoms. The van der Waals surface area contributed by atoms with Crippen molar-refractivity contribution in [3.8, 4) is 0 Å². The van der Waals surface area contributed by atoms with Gasteiger partial charge in [-0.3, -0.25) is 9.59 Å². The SMILES string of the molecule is O=C(Nc1cc(F)c(I)c(F)c1)C1CCN(C(=O)c2ccoc2)CC1. The zero-order chi connectivity index (χ0) is 18.0. The van der Waals surface area contributed by atoms with Gasteiger partial charge in [-0.05, 0) is 53.6 Å². The summed E-state index contributed by atoms with van der Waals surface area (Å²) in [6.45, 7) is 0.884. The van der Waals surface area contributed by atoms with Crippen molar-refractivity contribution in [1.29, 1.82) is 0 Å². The van der Waals surface area contributed by atoms with E-state index in [1.807, 2.05) is 0 Å². The summed E-state index contributed by atoms with van der Waals surface area (Å²) in [5, 5.41) is 2.55. The van der Waals surface area contributed by atoms with E-state index in [1.165, 1.54) is 12.5 Å². The molecule has 3 rings (SSSR count). The van der Waals surface area contributed by atoms with Crippen LogP contribution in [0.4, 0.5) is 14.5 Å². The number of nitrogens with one attached hydrogen (secondary N) is 1. The summed E-state index contributed by atoms with van der Waals surface area (Å²) in [6, 6.07) is 3.79. The van der Waals surface area contributed by atoms with Gasteiger partial charge in [0.05, 0.1) is 15.4 Å². The van der Waals surface area contributed by atoms with E-state index in [9.17, 15) is 18.4 Å². The molecule has 5 nitrogen and oxygen atoms in total. The Hall–Kier alpha value is -1.97. The van der Waals surface area contributed by atoms with Crippen LogP contribution in [-0.2, 0) is 4.79 Å². The van der Waals surface area contributed by atoms with Gasteiger partial charge in [0.1, 0.15) is 17.9 Å². The molecule has 1 aromatic heterocycles. The van der Waals surface area contributed by atoms with Gasteiger partial charge in [0.15, 0.2) is 0 Å². The summed E-state index contributed by atoms with van der Waals surface area (Å²) < 4.78 is 31.9. The maximum atomic E-state index is 13.6. The zero-order valence-electron chi connectivity index (χ0n) is 13.1. The van der Waals surface area contributed by atoms with E-state index < -0.39 is 11.6 Å². The molecular formula is C17H15F2IN2O3. The fourth-order valence-electron chi connectivity index (χ4n) is 2.79. The predicted octanol–water partition coefficient (Wildman–Crippen LogP) is 3.65. The van der Waals surface area contributed by atoms with Crippen molar-refractivity contribution in [2.24, 2.45) is 5.92 Å². The van der Waals surface area contributed by atoms with Gasteiger partial charge in [0.25, 0.3) is 5.91 Å². The predicted molar refractivity (Wildman–Crippen MR) is 95.0 cm³/mol. The molecule has 1 fully saturated rings. The van der Waals surface area contributed by atoms with Crippen LogP contribution in [0.15, 0.2) is 35.1 Å². The average molecular weight is 460 g/mol. The molecule has 132 valence electrons. The van der Waals surface area contributed by atoms with Gasteiger partial charge in [-0.25, -0.2) is 8.78 Å². The zero-order valence-corrected chi connectivity index (χ0v) is 15.3. The van der Waals surface area contributed by atoms with Gasteiger partial charge in [0.2, 0.25) is 5.91 Å². The van der Waals surface area contributed by atoms with Crippen LogP contribution in [0.25, 0.3) is 0 Å². The van der Waals surface area contributed by atoms with Crippen LogP contribution in [0.2, 0.25) is 0 Å². The lowest BCUT2D eigenvalue weighted by Gasteiger charge is -2.31. The van der Waals surface area contributed by atoms with E-state index in [-0.39, 0.29) is 27.0 Å². The van der Waals surface area contributed by atoms with Crippen molar-refractivity contribution in [3.05, 3.63) is 51.5 Å². The molecular weight excluding hydrogens is 445 g/mol. The normalized spacial score (nSPS) is 15.2. The number of hydrogen-bond acceptors (Lipinski definition) is 3. The fourth-order valence-corrected chi connectivity index (χ4v) is 3.10. The Labute approximate surface area is 156 Å². The van der Waals surface area contributed by atoms with Crippen LogP contribution in [0, 0.1) is 21.1 Å². The van der Waals surface area contributed by atoms with Gasteiger partial charge in [-0.2, -0.15) is 0 Å². The quantitative estimate of drug-likeness (QED) is 0.562. The Balaban J connectivity index is 1.58. The Morgan fingerprint density at radius 2 is 1.84 bits per heavy atom. The first-order valence-electron chi connectivity index (χ1n) is 7.72. The minimum absolute atomic E-state index is 0.0947. The summed E-state index contributed by atoms with van der Waals surface area (Å²) in [7, 11) is 0. The minimum Gasteiger partial charge on any atom is -0.472 e. The number of likely N-dealkylation sites (tertiary alicyclic amines) is 1. The highest BCUT2D eigenvalue weighted by molar-refractivity contribution is 14.1. The number of carbonyl (C=O) groups is 2. The molecule has 1 aromatic carbocycles. The number of benzene rings is 1. The Kier molecular flexibility index (Phi) is 5.36. The Morgan fingerprint density at radius 3 is 2.40 bits per heavy atom. The van der Waals surface area contributed by atoms with Crippen LogP contribution >= 0.6 is 22.6 Å². The summed E-state index contributed by atoms with van der Waals surface area (Å²) in [5.41, 5.74) is 0.574. The third-order valence-electron chi connectivity index (χ3n) is 4.17. The van der Waals surface area contributed by atoms with Crippen LogP contribution in [0.3, 0.4) is 0 Å². The first kappa shape index (κ1) is 17.8. The second-order valence-corrected chi connectivity index (χ2v) is 6.90. The van der Waals surface area contributed by atoms with E-state index in [1.54, 1.807) is 33.6 Å². The van der Waals surface area contributed by atoms with Crippen LogP contribution in [-0.4, -0.2) is 29.8 Å². The van der Waals surface area contributed by atoms with Crippen molar-refractivity contribution >= 4 is 40.1 Å². The summed E-state index contributed by atoms with van der Waals surface area (Å²) in [4.78, 5) is 26.2. The lowest BCUT2D eigenvalue weighted by Crippen LogP contribution is -2.41. The second kappa shape index (κ2) is 7.51. The maximum absolute atomic E-state index is 13.6. The third kappa shape index (κ3) is 4.00. The van der Waals surface area contributed by atoms with Gasteiger partial charge < -0.3 is 14.6 Å². The number of halogens is 3. The van der Waals surface area contributed by atoms with Crippen molar-refractivity contribution in [3.63, 3.8) is 0 Å². The molecule has 1 saturated heterocycles. The standard InChI is InChI=1S/C17H15F2IN2O3/c18-13-7-12(8-14(19)15(13)20)21-16(23)10-1-4-22(5-2-10)17(24)11-3-6-25-9-11/h3,6-10H,1-2,4-5H2,(H,21,23). The molecule has 0 saturated carbocycles. The molecule has 0 unspecified atom stereocenters. The molecule has 25 heavy (non-hydrogen) atoms. The molecule has 1 N–H and O–H groups in total. The first-order valence-corrected chi connectivity index (χ1v) is 8.80. The van der Waals surface area contributed by atoms with E-state index in [4.69, 9.17) is 4.42 Å². The molecule has 0 atom stereocenters. The van der Waals surface area contributed by atoms with E-state index in [0.717, 1.165) is 12.1 Å². The largest absolute Gasteiger partial charge is 0.472 e. The molecule has 2 aromatic rings. The van der Waals surface area contributed by atoms with Gasteiger partial charge in [0, 0.05) is 24.7 Å². The van der Waals surface area contributed by atoms with Gasteiger partial charge >= 0.3 is 0 Å². The van der Waals surface area contributed by atoms with Crippen molar-refractivity contribution < 1.29 is 22.8 Å². The highest BCUT2D eigenvalue weighted by Gasteiger charge is 2.28. The van der Waals surface area contributed by atoms with Crippen molar-refractivity contribution in [1.82, 2.24) is 4.90 Å². The molecule has 2 heterocycles. The molecule has 2 amide bonds. The van der Waals surface area contributed by atoms with E-state index in [2.05, 4.69) is 5.32 Å². The number of carbonyl (C=O) groups excluding carboxylic acids is 2. The average Bonchev–Trinajstić information content (AvgIpc) is 3.13. The number of rotatable bonds is 3. The number of hydrogen-bond donors (Lipinski definition) is 1. The van der Waals surface area contributed by atoms with Gasteiger partial charge in [-0.1, -0.05) is 0 Å². The molecule has 8 heteroatoms. The van der Waals surface area contributed by atoms with Crippen molar-refractivity contribution in [2.45, 2.75) is 12.8 Å². The lowest BCUT2D eigenvalue weighted by atomic mass is 9.95. The fraction of sp³-hybridized carbons (Fsp3) is 0.294. The molecule has 1 aliphatic rings. The van der Waals surface area contributed by atoms with Crippen LogP contribution < -0.4 is 5.32 Å². The van der Waals surface area contributed by atoms with Crippen LogP contribution in [0.5, 0.6) is 0 Å². The Bertz CT molecular complexity index is 764. The van der Waals surface area contributed by atoms with E-state index in [0.29, 0.717) is 31.5 Å². The summed E-state index contributed by atoms with van der Waals surface area (Å²) >= 11 is 1.57. The third-order valence-corrected chi connectivity index (χ3v) is 5.20. The summed E-state index contributed by atoms with van der Waals surface area (Å²) in [5.74, 6) is -2.16. The first-order chi connectivity index (χ1) is 12.0. The molecule has 0 spiro atoms. The smallest absolute Gasteiger partial charge is 0.257 e. The summed E-state index contributed by atoms with van der Waals surface area (Å²) in [6.07, 6.45) is 3.81. The topological polar surface area (TPSA) is 62.6 Å². The molecule has 0 aliphatic carbocycles. The highest BCUT2D eigenvalue weighted by Crippen LogP contribution is 2.24. The van der Waals surface area contributed by atoms with Crippen molar-refractivity contribution in [2.75, 3.05) is 18.4 Å². The Morgan fingerprint density at radius 1 is 1.20 bits per heavy atom. The number of amides is 2. The number of furan rings is 1. The minimum atomic E-state index is -0.712. The second-order valence-electron chi connectivity index (χ2n) is 5.82. The van der Waals surface area contributed by atoms with Crippen LogP contribution in [0.1, 0.15) is 23.2 Å². The highest BCUT2D eigenvalue weighted by atomic mass is 127. The molecule has 0 radical (unpaired) electrons. The molecule has 1 aliphatic heterocycles. The number of piperidine rings is 1.